The Bertz CT molecular complexity index is 867. The molecule has 166 valence electrons. The van der Waals surface area contributed by atoms with Crippen molar-refractivity contribution >= 4 is 28.5 Å². The SMILES string of the molecule is O=C(N[C@H]1CC[C@@H](C(=O)Nc2nc(CN3CCCCC3)cs2)C1)OCc1ccccc1. The largest absolute Gasteiger partial charge is 0.445 e. The fourth-order valence-electron chi connectivity index (χ4n) is 4.27. The van der Waals surface area contributed by atoms with E-state index in [1.54, 1.807) is 0 Å². The topological polar surface area (TPSA) is 83.6 Å². The van der Waals surface area contributed by atoms with Crippen LogP contribution in [0, 0.1) is 5.92 Å². The molecule has 2 amide bonds. The van der Waals surface area contributed by atoms with Crippen LogP contribution in [0.1, 0.15) is 49.8 Å². The molecular formula is C23H30N4O3S. The van der Waals surface area contributed by atoms with Crippen LogP contribution in [0.5, 0.6) is 0 Å². The number of piperidine rings is 1. The molecule has 1 saturated carbocycles. The van der Waals surface area contributed by atoms with Gasteiger partial charge in [0.1, 0.15) is 6.61 Å². The average molecular weight is 443 g/mol. The number of hydrogen-bond donors (Lipinski definition) is 2. The molecule has 2 heterocycles. The molecule has 2 N–H and O–H groups in total. The highest BCUT2D eigenvalue weighted by atomic mass is 32.1. The van der Waals surface area contributed by atoms with Crippen LogP contribution in [0.15, 0.2) is 35.7 Å². The summed E-state index contributed by atoms with van der Waals surface area (Å²) in [5.41, 5.74) is 1.97. The first-order valence-electron chi connectivity index (χ1n) is 11.1. The third-order valence-electron chi connectivity index (χ3n) is 5.95. The first kappa shape index (κ1) is 21.8. The van der Waals surface area contributed by atoms with Crippen molar-refractivity contribution < 1.29 is 14.3 Å². The minimum absolute atomic E-state index is 0.0131. The molecule has 1 aliphatic carbocycles. The number of nitrogens with zero attached hydrogens (tertiary/aromatic N) is 2. The molecule has 2 aliphatic rings. The summed E-state index contributed by atoms with van der Waals surface area (Å²) >= 11 is 1.48. The molecule has 8 heteroatoms. The van der Waals surface area contributed by atoms with Gasteiger partial charge in [0.2, 0.25) is 5.91 Å². The number of alkyl carbamates (subject to hydrolysis) is 1. The Balaban J connectivity index is 1.18. The zero-order valence-corrected chi connectivity index (χ0v) is 18.5. The van der Waals surface area contributed by atoms with Crippen molar-refractivity contribution in [3.8, 4) is 0 Å². The van der Waals surface area contributed by atoms with E-state index in [9.17, 15) is 9.59 Å². The minimum atomic E-state index is -0.433. The molecule has 31 heavy (non-hydrogen) atoms. The van der Waals surface area contributed by atoms with Crippen LogP contribution in [0.4, 0.5) is 9.93 Å². The Labute approximate surface area is 187 Å². The Kier molecular flexibility index (Phi) is 7.53. The van der Waals surface area contributed by atoms with Crippen LogP contribution in [0.3, 0.4) is 0 Å². The summed E-state index contributed by atoms with van der Waals surface area (Å²) in [5.74, 6) is -0.130. The smallest absolute Gasteiger partial charge is 0.407 e. The van der Waals surface area contributed by atoms with Gasteiger partial charge in [0.05, 0.1) is 5.69 Å². The van der Waals surface area contributed by atoms with E-state index in [-0.39, 0.29) is 24.5 Å². The molecule has 0 spiro atoms. The number of thiazole rings is 1. The zero-order valence-electron chi connectivity index (χ0n) is 17.7. The number of aromatic nitrogens is 1. The van der Waals surface area contributed by atoms with Crippen LogP contribution < -0.4 is 10.6 Å². The molecule has 0 bridgehead atoms. The van der Waals surface area contributed by atoms with Crippen molar-refractivity contribution in [1.82, 2.24) is 15.2 Å². The third kappa shape index (κ3) is 6.51. The second-order valence-electron chi connectivity index (χ2n) is 8.38. The summed E-state index contributed by atoms with van der Waals surface area (Å²) in [4.78, 5) is 31.7. The molecule has 2 aromatic rings. The van der Waals surface area contributed by atoms with Gasteiger partial charge in [-0.2, -0.15) is 0 Å². The van der Waals surface area contributed by atoms with E-state index in [4.69, 9.17) is 4.74 Å². The van der Waals surface area contributed by atoms with Crippen LogP contribution in [0.2, 0.25) is 0 Å². The highest BCUT2D eigenvalue weighted by molar-refractivity contribution is 7.13. The van der Waals surface area contributed by atoms with Gasteiger partial charge in [-0.15, -0.1) is 11.3 Å². The van der Waals surface area contributed by atoms with Gasteiger partial charge in [-0.3, -0.25) is 9.69 Å². The number of amides is 2. The number of ether oxygens (including phenoxy) is 1. The standard InChI is InChI=1S/C23H30N4O3S/c28-21(26-22-24-20(16-31-22)14-27-11-5-2-6-12-27)18-9-10-19(13-18)25-23(29)30-15-17-7-3-1-4-8-17/h1,3-4,7-8,16,18-19H,2,5-6,9-15H2,(H,25,29)(H,24,26,28)/t18-,19+/m1/s1. The summed E-state index contributed by atoms with van der Waals surface area (Å²) in [6, 6.07) is 9.55. The highest BCUT2D eigenvalue weighted by Crippen LogP contribution is 2.28. The van der Waals surface area contributed by atoms with Gasteiger partial charge in [0, 0.05) is 23.9 Å². The van der Waals surface area contributed by atoms with Crippen LogP contribution in [-0.4, -0.2) is 41.0 Å². The minimum Gasteiger partial charge on any atom is -0.445 e. The normalized spacial score (nSPS) is 21.5. The van der Waals surface area contributed by atoms with Crippen LogP contribution in [-0.2, 0) is 22.7 Å². The maximum Gasteiger partial charge on any atom is 0.407 e. The monoisotopic (exact) mass is 442 g/mol. The predicted molar refractivity (Wildman–Crippen MR) is 121 cm³/mol. The van der Waals surface area contributed by atoms with Crippen molar-refractivity contribution in [1.29, 1.82) is 0 Å². The quantitative estimate of drug-likeness (QED) is 0.673. The molecular weight excluding hydrogens is 412 g/mol. The second-order valence-corrected chi connectivity index (χ2v) is 9.24. The highest BCUT2D eigenvalue weighted by Gasteiger charge is 2.31. The van der Waals surface area contributed by atoms with Gasteiger partial charge in [-0.25, -0.2) is 9.78 Å². The zero-order chi connectivity index (χ0) is 21.5. The molecule has 1 aliphatic heterocycles. The van der Waals surface area contributed by atoms with Crippen molar-refractivity contribution in [3.05, 3.63) is 47.0 Å². The molecule has 7 nitrogen and oxygen atoms in total. The summed E-state index contributed by atoms with van der Waals surface area (Å²) in [7, 11) is 0. The average Bonchev–Trinajstić information content (AvgIpc) is 3.43. The number of likely N-dealkylation sites (tertiary alicyclic amines) is 1. The lowest BCUT2D eigenvalue weighted by Gasteiger charge is -2.25. The van der Waals surface area contributed by atoms with Gasteiger partial charge in [0.25, 0.3) is 0 Å². The summed E-state index contributed by atoms with van der Waals surface area (Å²) < 4.78 is 5.28. The van der Waals surface area contributed by atoms with E-state index in [0.29, 0.717) is 11.6 Å². The van der Waals surface area contributed by atoms with Crippen molar-refractivity contribution in [3.63, 3.8) is 0 Å². The fourth-order valence-corrected chi connectivity index (χ4v) is 4.98. The molecule has 0 radical (unpaired) electrons. The first-order valence-corrected chi connectivity index (χ1v) is 12.0. The number of nitrogens with one attached hydrogen (secondary N) is 2. The molecule has 1 aromatic heterocycles. The summed E-state index contributed by atoms with van der Waals surface area (Å²) in [5, 5.41) is 8.55. The second kappa shape index (κ2) is 10.7. The molecule has 4 rings (SSSR count). The van der Waals surface area contributed by atoms with E-state index in [1.165, 1.54) is 30.6 Å². The lowest BCUT2D eigenvalue weighted by atomic mass is 10.1. The van der Waals surface area contributed by atoms with Crippen molar-refractivity contribution in [2.45, 2.75) is 57.7 Å². The van der Waals surface area contributed by atoms with Crippen LogP contribution in [0.25, 0.3) is 0 Å². The Morgan fingerprint density at radius 1 is 1.13 bits per heavy atom. The summed E-state index contributed by atoms with van der Waals surface area (Å²) in [6.07, 6.45) is 5.54. The van der Waals surface area contributed by atoms with E-state index >= 15 is 0 Å². The van der Waals surface area contributed by atoms with Gasteiger partial charge in [-0.05, 0) is 50.8 Å². The number of benzene rings is 1. The van der Waals surface area contributed by atoms with E-state index in [2.05, 4.69) is 20.5 Å². The van der Waals surface area contributed by atoms with Crippen LogP contribution >= 0.6 is 11.3 Å². The number of carbonyl (C=O) groups is 2. The maximum absolute atomic E-state index is 12.7. The lowest BCUT2D eigenvalue weighted by molar-refractivity contribution is -0.119. The first-order chi connectivity index (χ1) is 15.2. The van der Waals surface area contributed by atoms with Gasteiger partial charge in [0.15, 0.2) is 5.13 Å². The Morgan fingerprint density at radius 3 is 2.74 bits per heavy atom. The molecule has 2 atom stereocenters. The molecule has 1 aromatic carbocycles. The Morgan fingerprint density at radius 2 is 1.94 bits per heavy atom. The van der Waals surface area contributed by atoms with Crippen molar-refractivity contribution in [2.24, 2.45) is 5.92 Å². The van der Waals surface area contributed by atoms with Crippen molar-refractivity contribution in [2.75, 3.05) is 18.4 Å². The molecule has 2 fully saturated rings. The van der Waals surface area contributed by atoms with E-state index < -0.39 is 6.09 Å². The van der Waals surface area contributed by atoms with Gasteiger partial charge >= 0.3 is 6.09 Å². The fraction of sp³-hybridized carbons (Fsp3) is 0.522. The summed E-state index contributed by atoms with van der Waals surface area (Å²) in [6.45, 7) is 3.35. The number of rotatable bonds is 7. The number of hydrogen-bond acceptors (Lipinski definition) is 6. The Hall–Kier alpha value is -2.45. The van der Waals surface area contributed by atoms with E-state index in [0.717, 1.165) is 43.7 Å². The van der Waals surface area contributed by atoms with Gasteiger partial charge < -0.3 is 15.4 Å². The molecule has 0 unspecified atom stereocenters. The number of anilines is 1. The van der Waals surface area contributed by atoms with E-state index in [1.807, 2.05) is 35.7 Å². The van der Waals surface area contributed by atoms with Gasteiger partial charge in [-0.1, -0.05) is 36.8 Å². The third-order valence-corrected chi connectivity index (χ3v) is 6.76. The number of carbonyl (C=O) groups excluding carboxylic acids is 2. The lowest BCUT2D eigenvalue weighted by Crippen LogP contribution is -2.34. The predicted octanol–water partition coefficient (Wildman–Crippen LogP) is 4.16. The maximum atomic E-state index is 12.7. The molecule has 1 saturated heterocycles.